The van der Waals surface area contributed by atoms with Crippen LogP contribution in [0.1, 0.15) is 54.6 Å². The van der Waals surface area contributed by atoms with Gasteiger partial charge in [-0.2, -0.15) is 0 Å². The highest BCUT2D eigenvalue weighted by atomic mass is 16.2. The molecule has 28 heavy (non-hydrogen) atoms. The van der Waals surface area contributed by atoms with E-state index in [1.807, 2.05) is 10.7 Å². The molecule has 1 N–H and O–H groups in total. The van der Waals surface area contributed by atoms with Gasteiger partial charge in [0.05, 0.1) is 6.20 Å². The molecule has 1 saturated carbocycles. The summed E-state index contributed by atoms with van der Waals surface area (Å²) in [7, 11) is 0. The lowest BCUT2D eigenvalue weighted by molar-refractivity contribution is 0.0946. The van der Waals surface area contributed by atoms with Crippen LogP contribution in [0.5, 0.6) is 0 Å². The fraction of sp³-hybridized carbons (Fsp3) is 0.500. The molecule has 4 rings (SSSR count). The Morgan fingerprint density at radius 3 is 2.86 bits per heavy atom. The minimum Gasteiger partial charge on any atom is -0.348 e. The third kappa shape index (κ3) is 5.29. The molecule has 1 atom stereocenters. The second-order valence-corrected chi connectivity index (χ2v) is 7.86. The topological polar surface area (TPSA) is 63.1 Å². The summed E-state index contributed by atoms with van der Waals surface area (Å²) in [6.07, 6.45) is 13.2. The standard InChI is InChI=1S/C22H29N5O/c28-22(23-19-11-12-19)21-17-27(25-24-21)16-13-20-10-4-5-14-26(20)15-6-9-18-7-2-1-3-8-18/h1-3,6-9,17,19-20H,4-5,10-16H2,(H,23,28)/b9-6+. The zero-order chi connectivity index (χ0) is 19.2. The van der Waals surface area contributed by atoms with Crippen molar-refractivity contribution in [3.8, 4) is 0 Å². The van der Waals surface area contributed by atoms with E-state index in [0.29, 0.717) is 17.8 Å². The van der Waals surface area contributed by atoms with Crippen molar-refractivity contribution in [3.63, 3.8) is 0 Å². The summed E-state index contributed by atoms with van der Waals surface area (Å²) >= 11 is 0. The average Bonchev–Trinajstić information content (AvgIpc) is 3.41. The Hall–Kier alpha value is -2.47. The summed E-state index contributed by atoms with van der Waals surface area (Å²) < 4.78 is 1.81. The van der Waals surface area contributed by atoms with Gasteiger partial charge >= 0.3 is 0 Å². The first-order chi connectivity index (χ1) is 13.8. The number of aromatic nitrogens is 3. The van der Waals surface area contributed by atoms with Gasteiger partial charge in [-0.1, -0.05) is 54.1 Å². The monoisotopic (exact) mass is 379 g/mol. The van der Waals surface area contributed by atoms with E-state index in [-0.39, 0.29) is 5.91 Å². The van der Waals surface area contributed by atoms with Crippen molar-refractivity contribution in [2.45, 2.75) is 57.2 Å². The smallest absolute Gasteiger partial charge is 0.273 e. The van der Waals surface area contributed by atoms with E-state index in [0.717, 1.165) is 38.9 Å². The molecule has 0 bridgehead atoms. The molecule has 0 radical (unpaired) electrons. The molecule has 2 aliphatic rings. The van der Waals surface area contributed by atoms with E-state index >= 15 is 0 Å². The van der Waals surface area contributed by atoms with Crippen LogP contribution in [0.25, 0.3) is 6.08 Å². The van der Waals surface area contributed by atoms with Crippen molar-refractivity contribution in [1.29, 1.82) is 0 Å². The summed E-state index contributed by atoms with van der Waals surface area (Å²) in [5.74, 6) is -0.0981. The molecular weight excluding hydrogens is 350 g/mol. The minimum absolute atomic E-state index is 0.0981. The molecule has 6 nitrogen and oxygen atoms in total. The van der Waals surface area contributed by atoms with Crippen molar-refractivity contribution in [2.24, 2.45) is 0 Å². The molecular formula is C22H29N5O. The first kappa shape index (κ1) is 18.9. The lowest BCUT2D eigenvalue weighted by atomic mass is 9.99. The van der Waals surface area contributed by atoms with Crippen molar-refractivity contribution in [3.05, 3.63) is 53.9 Å². The molecule has 6 heteroatoms. The molecule has 1 aromatic carbocycles. The number of piperidine rings is 1. The molecule has 2 heterocycles. The summed E-state index contributed by atoms with van der Waals surface area (Å²) in [5, 5.41) is 11.2. The largest absolute Gasteiger partial charge is 0.348 e. The maximum absolute atomic E-state index is 12.1. The molecule has 1 amide bonds. The molecule has 1 saturated heterocycles. The highest BCUT2D eigenvalue weighted by Crippen LogP contribution is 2.21. The van der Waals surface area contributed by atoms with Crippen LogP contribution in [0, 0.1) is 0 Å². The molecule has 2 aromatic rings. The number of benzene rings is 1. The predicted molar refractivity (Wildman–Crippen MR) is 110 cm³/mol. The van der Waals surface area contributed by atoms with Crippen LogP contribution in [0.3, 0.4) is 0 Å². The third-order valence-electron chi connectivity index (χ3n) is 5.57. The predicted octanol–water partition coefficient (Wildman–Crippen LogP) is 3.13. The van der Waals surface area contributed by atoms with Crippen molar-refractivity contribution < 1.29 is 4.79 Å². The highest BCUT2D eigenvalue weighted by molar-refractivity contribution is 5.92. The van der Waals surface area contributed by atoms with Crippen LogP contribution >= 0.6 is 0 Å². The first-order valence-electron chi connectivity index (χ1n) is 10.4. The molecule has 1 aliphatic heterocycles. The Morgan fingerprint density at radius 1 is 1.18 bits per heavy atom. The number of hydrogen-bond donors (Lipinski definition) is 1. The fourth-order valence-electron chi connectivity index (χ4n) is 3.80. The van der Waals surface area contributed by atoms with E-state index in [9.17, 15) is 4.79 Å². The number of amides is 1. The van der Waals surface area contributed by atoms with Gasteiger partial charge in [0.15, 0.2) is 5.69 Å². The van der Waals surface area contributed by atoms with Gasteiger partial charge in [0.25, 0.3) is 5.91 Å². The Bertz CT molecular complexity index is 796. The van der Waals surface area contributed by atoms with Gasteiger partial charge in [0, 0.05) is 25.2 Å². The lowest BCUT2D eigenvalue weighted by Crippen LogP contribution is -2.40. The number of carbonyl (C=O) groups excluding carboxylic acids is 1. The minimum atomic E-state index is -0.0981. The average molecular weight is 380 g/mol. The van der Waals surface area contributed by atoms with Crippen LogP contribution in [-0.2, 0) is 6.54 Å². The van der Waals surface area contributed by atoms with Gasteiger partial charge in [-0.3, -0.25) is 14.4 Å². The van der Waals surface area contributed by atoms with E-state index in [4.69, 9.17) is 0 Å². The fourth-order valence-corrected chi connectivity index (χ4v) is 3.80. The Morgan fingerprint density at radius 2 is 2.04 bits per heavy atom. The van der Waals surface area contributed by atoms with E-state index in [1.165, 1.54) is 24.8 Å². The van der Waals surface area contributed by atoms with Gasteiger partial charge in [-0.15, -0.1) is 5.10 Å². The Kier molecular flexibility index (Phi) is 6.17. The van der Waals surface area contributed by atoms with Gasteiger partial charge in [-0.05, 0) is 44.2 Å². The number of rotatable bonds is 8. The molecule has 148 valence electrons. The molecule has 0 spiro atoms. The number of carbonyl (C=O) groups is 1. The highest BCUT2D eigenvalue weighted by Gasteiger charge is 2.25. The second kappa shape index (κ2) is 9.15. The summed E-state index contributed by atoms with van der Waals surface area (Å²) in [6.45, 7) is 2.93. The number of aryl methyl sites for hydroxylation is 1. The van der Waals surface area contributed by atoms with Gasteiger partial charge in [-0.25, -0.2) is 0 Å². The lowest BCUT2D eigenvalue weighted by Gasteiger charge is -2.35. The van der Waals surface area contributed by atoms with Crippen molar-refractivity contribution in [2.75, 3.05) is 13.1 Å². The Balaban J connectivity index is 1.28. The van der Waals surface area contributed by atoms with Gasteiger partial charge < -0.3 is 5.32 Å². The molecule has 2 fully saturated rings. The van der Waals surface area contributed by atoms with Crippen LogP contribution in [0.4, 0.5) is 0 Å². The van der Waals surface area contributed by atoms with Gasteiger partial charge in [0.2, 0.25) is 0 Å². The van der Waals surface area contributed by atoms with Gasteiger partial charge in [0.1, 0.15) is 0 Å². The maximum atomic E-state index is 12.1. The van der Waals surface area contributed by atoms with Crippen LogP contribution in [0.15, 0.2) is 42.6 Å². The van der Waals surface area contributed by atoms with E-state index < -0.39 is 0 Å². The first-order valence-corrected chi connectivity index (χ1v) is 10.4. The maximum Gasteiger partial charge on any atom is 0.273 e. The Labute approximate surface area is 166 Å². The number of hydrogen-bond acceptors (Lipinski definition) is 4. The van der Waals surface area contributed by atoms with Crippen molar-refractivity contribution >= 4 is 12.0 Å². The zero-order valence-corrected chi connectivity index (χ0v) is 16.3. The van der Waals surface area contributed by atoms with Crippen LogP contribution in [0.2, 0.25) is 0 Å². The third-order valence-corrected chi connectivity index (χ3v) is 5.57. The number of nitrogens with one attached hydrogen (secondary N) is 1. The second-order valence-electron chi connectivity index (χ2n) is 7.86. The molecule has 1 unspecified atom stereocenters. The number of nitrogens with zero attached hydrogens (tertiary/aromatic N) is 4. The van der Waals surface area contributed by atoms with E-state index in [2.05, 4.69) is 56.9 Å². The number of likely N-dealkylation sites (tertiary alicyclic amines) is 1. The van der Waals surface area contributed by atoms with E-state index in [1.54, 1.807) is 6.20 Å². The van der Waals surface area contributed by atoms with Crippen LogP contribution < -0.4 is 5.32 Å². The normalized spacial score (nSPS) is 20.5. The summed E-state index contributed by atoms with van der Waals surface area (Å²) in [4.78, 5) is 14.6. The summed E-state index contributed by atoms with van der Waals surface area (Å²) in [5.41, 5.74) is 1.67. The zero-order valence-electron chi connectivity index (χ0n) is 16.3. The summed E-state index contributed by atoms with van der Waals surface area (Å²) in [6, 6.07) is 11.3. The SMILES string of the molecule is O=C(NC1CC1)c1cn(CCC2CCCCN2C/C=C/c2ccccc2)nn1. The van der Waals surface area contributed by atoms with Crippen molar-refractivity contribution in [1.82, 2.24) is 25.2 Å². The molecule has 1 aliphatic carbocycles. The quantitative estimate of drug-likeness (QED) is 0.765. The molecule has 1 aromatic heterocycles. The van der Waals surface area contributed by atoms with Crippen LogP contribution in [-0.4, -0.2) is 51.0 Å².